The highest BCUT2D eigenvalue weighted by Crippen LogP contribution is 2.32. The second kappa shape index (κ2) is 7.94. The smallest absolute Gasteiger partial charge is 0.238 e. The van der Waals surface area contributed by atoms with Crippen LogP contribution in [-0.4, -0.2) is 30.0 Å². The number of rotatable bonds is 4. The predicted molar refractivity (Wildman–Crippen MR) is 82.7 cm³/mol. The van der Waals surface area contributed by atoms with E-state index in [1.807, 2.05) is 18.2 Å². The van der Waals surface area contributed by atoms with Gasteiger partial charge in [0, 0.05) is 18.1 Å². The molecule has 18 heavy (non-hydrogen) atoms. The van der Waals surface area contributed by atoms with Gasteiger partial charge >= 0.3 is 0 Å². The van der Waals surface area contributed by atoms with Crippen LogP contribution in [0.25, 0.3) is 0 Å². The van der Waals surface area contributed by atoms with Crippen molar-refractivity contribution in [3.8, 4) is 0 Å². The normalized spacial score (nSPS) is 22.3. The monoisotopic (exact) mass is 304 g/mol. The Bertz CT molecular complexity index is 378. The summed E-state index contributed by atoms with van der Waals surface area (Å²) in [5, 5.41) is 6.42. The first-order valence-electron chi connectivity index (χ1n) is 5.62. The Hall–Kier alpha value is -0.360. The average molecular weight is 305 g/mol. The van der Waals surface area contributed by atoms with Crippen LogP contribution in [0.5, 0.6) is 0 Å². The number of nitrogens with one attached hydrogen (secondary N) is 2. The van der Waals surface area contributed by atoms with Crippen LogP contribution in [0.1, 0.15) is 10.9 Å². The highest BCUT2D eigenvalue weighted by molar-refractivity contribution is 7.99. The summed E-state index contributed by atoms with van der Waals surface area (Å²) in [6.07, 6.45) is 0. The highest BCUT2D eigenvalue weighted by atomic mass is 35.5. The number of amides is 1. The van der Waals surface area contributed by atoms with Crippen molar-refractivity contribution >= 4 is 42.7 Å². The van der Waals surface area contributed by atoms with Gasteiger partial charge in [-0.05, 0) is 5.56 Å². The van der Waals surface area contributed by atoms with Gasteiger partial charge in [0.15, 0.2) is 0 Å². The standard InChI is InChI=1S/C12H16N2OS2.ClH/c15-11(13-6-7-16)10-8-17-12(14-10)9-4-2-1-3-5-9;/h1-5,10,12,14,16H,6-8H2,(H,13,15);1H. The second-order valence-corrected chi connectivity index (χ2v) is 5.44. The van der Waals surface area contributed by atoms with E-state index in [9.17, 15) is 4.79 Å². The van der Waals surface area contributed by atoms with Crippen LogP contribution in [0.4, 0.5) is 0 Å². The molecule has 3 nitrogen and oxygen atoms in total. The summed E-state index contributed by atoms with van der Waals surface area (Å²) in [5.41, 5.74) is 1.22. The van der Waals surface area contributed by atoms with Gasteiger partial charge in [-0.3, -0.25) is 10.1 Å². The summed E-state index contributed by atoms with van der Waals surface area (Å²) >= 11 is 5.85. The van der Waals surface area contributed by atoms with Crippen molar-refractivity contribution in [2.24, 2.45) is 0 Å². The lowest BCUT2D eigenvalue weighted by molar-refractivity contribution is -0.122. The number of carbonyl (C=O) groups is 1. The molecule has 2 rings (SSSR count). The number of hydrogen-bond donors (Lipinski definition) is 3. The Kier molecular flexibility index (Phi) is 6.92. The van der Waals surface area contributed by atoms with E-state index in [0.717, 1.165) is 5.75 Å². The molecule has 0 radical (unpaired) electrons. The van der Waals surface area contributed by atoms with E-state index in [4.69, 9.17) is 0 Å². The first-order chi connectivity index (χ1) is 8.31. The third-order valence-electron chi connectivity index (χ3n) is 2.61. The fourth-order valence-corrected chi connectivity index (χ4v) is 3.10. The molecule has 1 aliphatic heterocycles. The fourth-order valence-electron chi connectivity index (χ4n) is 1.75. The maximum absolute atomic E-state index is 11.8. The lowest BCUT2D eigenvalue weighted by Crippen LogP contribution is -2.43. The van der Waals surface area contributed by atoms with Gasteiger partial charge in [0.25, 0.3) is 0 Å². The molecule has 0 saturated carbocycles. The third kappa shape index (κ3) is 4.09. The molecule has 100 valence electrons. The maximum atomic E-state index is 11.8. The minimum Gasteiger partial charge on any atom is -0.354 e. The quantitative estimate of drug-likeness (QED) is 0.744. The van der Waals surface area contributed by atoms with E-state index in [-0.39, 0.29) is 29.7 Å². The summed E-state index contributed by atoms with van der Waals surface area (Å²) in [4.78, 5) is 11.8. The molecule has 1 saturated heterocycles. The van der Waals surface area contributed by atoms with Crippen molar-refractivity contribution in [2.45, 2.75) is 11.4 Å². The Morgan fingerprint density at radius 3 is 2.83 bits per heavy atom. The van der Waals surface area contributed by atoms with Crippen LogP contribution in [0.3, 0.4) is 0 Å². The first-order valence-corrected chi connectivity index (χ1v) is 7.30. The van der Waals surface area contributed by atoms with Gasteiger partial charge in [-0.15, -0.1) is 24.2 Å². The minimum absolute atomic E-state index is 0. The van der Waals surface area contributed by atoms with Crippen molar-refractivity contribution in [3.63, 3.8) is 0 Å². The molecule has 0 aromatic heterocycles. The molecule has 2 unspecified atom stereocenters. The summed E-state index contributed by atoms with van der Waals surface area (Å²) in [6, 6.07) is 10.1. The van der Waals surface area contributed by atoms with E-state index in [0.29, 0.717) is 12.3 Å². The maximum Gasteiger partial charge on any atom is 0.238 e. The van der Waals surface area contributed by atoms with Crippen molar-refractivity contribution in [1.82, 2.24) is 10.6 Å². The molecule has 1 heterocycles. The SMILES string of the molecule is Cl.O=C(NCCS)C1CSC(c2ccccc2)N1. The second-order valence-electron chi connectivity index (χ2n) is 3.86. The summed E-state index contributed by atoms with van der Waals surface area (Å²) < 4.78 is 0. The van der Waals surface area contributed by atoms with E-state index in [2.05, 4.69) is 35.4 Å². The van der Waals surface area contributed by atoms with Gasteiger partial charge in [-0.2, -0.15) is 12.6 Å². The van der Waals surface area contributed by atoms with E-state index in [1.165, 1.54) is 5.56 Å². The molecule has 0 spiro atoms. The van der Waals surface area contributed by atoms with Crippen LogP contribution in [-0.2, 0) is 4.79 Å². The molecule has 1 fully saturated rings. The van der Waals surface area contributed by atoms with Gasteiger partial charge in [-0.25, -0.2) is 0 Å². The molecule has 2 atom stereocenters. The number of thioether (sulfide) groups is 1. The van der Waals surface area contributed by atoms with Crippen molar-refractivity contribution in [1.29, 1.82) is 0 Å². The van der Waals surface area contributed by atoms with Gasteiger partial charge in [-0.1, -0.05) is 30.3 Å². The zero-order chi connectivity index (χ0) is 12.1. The van der Waals surface area contributed by atoms with Crippen LogP contribution >= 0.6 is 36.8 Å². The summed E-state index contributed by atoms with van der Waals surface area (Å²) in [5.74, 6) is 1.57. The van der Waals surface area contributed by atoms with Crippen LogP contribution in [0.15, 0.2) is 30.3 Å². The number of carbonyl (C=O) groups excluding carboxylic acids is 1. The molecule has 0 aliphatic carbocycles. The van der Waals surface area contributed by atoms with Crippen molar-refractivity contribution in [2.75, 3.05) is 18.1 Å². The largest absolute Gasteiger partial charge is 0.354 e. The molecule has 1 aromatic carbocycles. The van der Waals surface area contributed by atoms with Crippen LogP contribution in [0, 0.1) is 0 Å². The lowest BCUT2D eigenvalue weighted by atomic mass is 10.2. The van der Waals surface area contributed by atoms with E-state index >= 15 is 0 Å². The molecule has 6 heteroatoms. The zero-order valence-electron chi connectivity index (χ0n) is 9.83. The Balaban J connectivity index is 0.00000162. The Morgan fingerprint density at radius 2 is 2.17 bits per heavy atom. The Labute approximate surface area is 123 Å². The van der Waals surface area contributed by atoms with Gasteiger partial charge in [0.05, 0.1) is 11.4 Å². The van der Waals surface area contributed by atoms with Crippen LogP contribution in [0.2, 0.25) is 0 Å². The Morgan fingerprint density at radius 1 is 1.44 bits per heavy atom. The third-order valence-corrected chi connectivity index (χ3v) is 4.10. The zero-order valence-corrected chi connectivity index (χ0v) is 12.4. The van der Waals surface area contributed by atoms with E-state index < -0.39 is 0 Å². The minimum atomic E-state index is -0.0925. The lowest BCUT2D eigenvalue weighted by Gasteiger charge is -2.13. The molecule has 2 N–H and O–H groups in total. The molecular weight excluding hydrogens is 288 g/mol. The molecular formula is C12H17ClN2OS2. The molecule has 1 aliphatic rings. The summed E-state index contributed by atoms with van der Waals surface area (Å²) in [7, 11) is 0. The predicted octanol–water partition coefficient (Wildman–Crippen LogP) is 1.86. The van der Waals surface area contributed by atoms with Crippen LogP contribution < -0.4 is 10.6 Å². The van der Waals surface area contributed by atoms with Crippen molar-refractivity contribution < 1.29 is 4.79 Å². The van der Waals surface area contributed by atoms with Gasteiger partial charge in [0.2, 0.25) is 5.91 Å². The molecule has 1 amide bonds. The fraction of sp³-hybridized carbons (Fsp3) is 0.417. The highest BCUT2D eigenvalue weighted by Gasteiger charge is 2.29. The van der Waals surface area contributed by atoms with E-state index in [1.54, 1.807) is 11.8 Å². The van der Waals surface area contributed by atoms with Gasteiger partial charge in [0.1, 0.15) is 0 Å². The van der Waals surface area contributed by atoms with Crippen molar-refractivity contribution in [3.05, 3.63) is 35.9 Å². The first kappa shape index (κ1) is 15.7. The van der Waals surface area contributed by atoms with Gasteiger partial charge < -0.3 is 5.32 Å². The summed E-state index contributed by atoms with van der Waals surface area (Å²) in [6.45, 7) is 0.626. The molecule has 1 aromatic rings. The molecule has 0 bridgehead atoms. The topological polar surface area (TPSA) is 41.1 Å². The number of hydrogen-bond acceptors (Lipinski definition) is 4. The number of halogens is 1. The number of thiol groups is 1. The average Bonchev–Trinajstić information content (AvgIpc) is 2.86. The number of benzene rings is 1.